The fourth-order valence-electron chi connectivity index (χ4n) is 3.46. The molecule has 0 aromatic heterocycles. The molecule has 0 amide bonds. The van der Waals surface area contributed by atoms with Gasteiger partial charge in [-0.25, -0.2) is 0 Å². The fraction of sp³-hybridized carbons (Fsp3) is 0.600. The SMILES string of the molecule is CN1CCCC2CN(Cc3ccccc3)CC21.Cl. The third-order valence-electron chi connectivity index (χ3n) is 4.38. The van der Waals surface area contributed by atoms with Crippen molar-refractivity contribution in [1.29, 1.82) is 0 Å². The summed E-state index contributed by atoms with van der Waals surface area (Å²) in [6, 6.07) is 11.7. The Balaban J connectivity index is 0.00000120. The number of hydrogen-bond acceptors (Lipinski definition) is 2. The lowest BCUT2D eigenvalue weighted by molar-refractivity contribution is 0.156. The first kappa shape index (κ1) is 13.9. The molecule has 2 heterocycles. The topological polar surface area (TPSA) is 6.48 Å². The van der Waals surface area contributed by atoms with E-state index < -0.39 is 0 Å². The number of likely N-dealkylation sites (N-methyl/N-ethyl adjacent to an activating group) is 1. The van der Waals surface area contributed by atoms with Gasteiger partial charge in [0.1, 0.15) is 0 Å². The zero-order valence-corrected chi connectivity index (χ0v) is 11.9. The molecule has 0 aliphatic carbocycles. The monoisotopic (exact) mass is 266 g/mol. The van der Waals surface area contributed by atoms with E-state index in [2.05, 4.69) is 47.2 Å². The molecule has 2 aliphatic rings. The summed E-state index contributed by atoms with van der Waals surface area (Å²) < 4.78 is 0. The summed E-state index contributed by atoms with van der Waals surface area (Å²) >= 11 is 0. The number of likely N-dealkylation sites (tertiary alicyclic amines) is 2. The van der Waals surface area contributed by atoms with Crippen LogP contribution in [0, 0.1) is 5.92 Å². The lowest BCUT2D eigenvalue weighted by Gasteiger charge is -2.33. The predicted octanol–water partition coefficient (Wildman–Crippen LogP) is 2.63. The van der Waals surface area contributed by atoms with E-state index in [0.717, 1.165) is 18.5 Å². The Labute approximate surface area is 116 Å². The summed E-state index contributed by atoms with van der Waals surface area (Å²) in [5, 5.41) is 0. The van der Waals surface area contributed by atoms with E-state index in [0.29, 0.717) is 0 Å². The molecule has 2 unspecified atom stereocenters. The van der Waals surface area contributed by atoms with Gasteiger partial charge in [-0.3, -0.25) is 4.90 Å². The van der Waals surface area contributed by atoms with E-state index in [1.54, 1.807) is 0 Å². The van der Waals surface area contributed by atoms with Crippen molar-refractivity contribution in [2.75, 3.05) is 26.7 Å². The van der Waals surface area contributed by atoms with Crippen LogP contribution in [0.3, 0.4) is 0 Å². The van der Waals surface area contributed by atoms with Crippen molar-refractivity contribution < 1.29 is 0 Å². The Morgan fingerprint density at radius 3 is 2.67 bits per heavy atom. The van der Waals surface area contributed by atoms with E-state index in [1.807, 2.05) is 0 Å². The third-order valence-corrected chi connectivity index (χ3v) is 4.38. The Kier molecular flexibility index (Phi) is 4.66. The van der Waals surface area contributed by atoms with Crippen LogP contribution in [0.25, 0.3) is 0 Å². The van der Waals surface area contributed by atoms with E-state index >= 15 is 0 Å². The Bertz CT molecular complexity index is 368. The van der Waals surface area contributed by atoms with Crippen LogP contribution in [0.1, 0.15) is 18.4 Å². The van der Waals surface area contributed by atoms with Crippen LogP contribution >= 0.6 is 12.4 Å². The molecule has 18 heavy (non-hydrogen) atoms. The molecule has 0 N–H and O–H groups in total. The van der Waals surface area contributed by atoms with Crippen molar-refractivity contribution in [2.45, 2.75) is 25.4 Å². The van der Waals surface area contributed by atoms with Gasteiger partial charge < -0.3 is 4.90 Å². The van der Waals surface area contributed by atoms with Gasteiger partial charge in [-0.05, 0) is 37.9 Å². The molecule has 1 aromatic rings. The van der Waals surface area contributed by atoms with Crippen LogP contribution in [-0.2, 0) is 6.54 Å². The molecule has 2 fully saturated rings. The van der Waals surface area contributed by atoms with Gasteiger partial charge in [-0.2, -0.15) is 0 Å². The number of piperidine rings is 1. The normalized spacial score (nSPS) is 28.7. The first-order valence-corrected chi connectivity index (χ1v) is 6.79. The van der Waals surface area contributed by atoms with Gasteiger partial charge in [0.25, 0.3) is 0 Å². The third kappa shape index (κ3) is 2.87. The molecule has 1 aromatic carbocycles. The van der Waals surface area contributed by atoms with Crippen molar-refractivity contribution >= 4 is 12.4 Å². The van der Waals surface area contributed by atoms with E-state index in [1.165, 1.54) is 38.0 Å². The smallest absolute Gasteiger partial charge is 0.0260 e. The lowest BCUT2D eigenvalue weighted by atomic mass is 9.93. The largest absolute Gasteiger partial charge is 0.302 e. The van der Waals surface area contributed by atoms with Crippen molar-refractivity contribution in [3.63, 3.8) is 0 Å². The first-order chi connectivity index (χ1) is 8.33. The molecule has 0 spiro atoms. The number of halogens is 1. The van der Waals surface area contributed by atoms with Crippen LogP contribution in [-0.4, -0.2) is 42.5 Å². The molecule has 2 nitrogen and oxygen atoms in total. The molecular formula is C15H23ClN2. The quantitative estimate of drug-likeness (QED) is 0.812. The molecule has 2 aliphatic heterocycles. The predicted molar refractivity (Wildman–Crippen MR) is 78.1 cm³/mol. The Morgan fingerprint density at radius 2 is 1.94 bits per heavy atom. The van der Waals surface area contributed by atoms with E-state index in [-0.39, 0.29) is 12.4 Å². The van der Waals surface area contributed by atoms with Crippen molar-refractivity contribution in [1.82, 2.24) is 9.80 Å². The Hall–Kier alpha value is -0.570. The van der Waals surface area contributed by atoms with Crippen LogP contribution < -0.4 is 0 Å². The summed E-state index contributed by atoms with van der Waals surface area (Å²) in [5.74, 6) is 0.914. The minimum atomic E-state index is 0. The van der Waals surface area contributed by atoms with Gasteiger partial charge in [0.05, 0.1) is 0 Å². The minimum absolute atomic E-state index is 0. The summed E-state index contributed by atoms with van der Waals surface area (Å²) in [6.07, 6.45) is 2.82. The highest BCUT2D eigenvalue weighted by Crippen LogP contribution is 2.30. The van der Waals surface area contributed by atoms with Gasteiger partial charge in [-0.15, -0.1) is 12.4 Å². The number of benzene rings is 1. The summed E-state index contributed by atoms with van der Waals surface area (Å²) in [5.41, 5.74) is 1.45. The summed E-state index contributed by atoms with van der Waals surface area (Å²) in [6.45, 7) is 4.97. The minimum Gasteiger partial charge on any atom is -0.302 e. The van der Waals surface area contributed by atoms with Gasteiger partial charge >= 0.3 is 0 Å². The zero-order valence-electron chi connectivity index (χ0n) is 11.1. The van der Waals surface area contributed by atoms with Crippen LogP contribution in [0.2, 0.25) is 0 Å². The van der Waals surface area contributed by atoms with Crippen molar-refractivity contribution in [3.8, 4) is 0 Å². The Morgan fingerprint density at radius 1 is 1.17 bits per heavy atom. The van der Waals surface area contributed by atoms with Gasteiger partial charge in [0.2, 0.25) is 0 Å². The highest BCUT2D eigenvalue weighted by molar-refractivity contribution is 5.85. The highest BCUT2D eigenvalue weighted by Gasteiger charge is 2.36. The summed E-state index contributed by atoms with van der Waals surface area (Å²) in [4.78, 5) is 5.20. The van der Waals surface area contributed by atoms with Gasteiger partial charge in [0.15, 0.2) is 0 Å². The van der Waals surface area contributed by atoms with E-state index in [9.17, 15) is 0 Å². The molecule has 100 valence electrons. The van der Waals surface area contributed by atoms with Crippen LogP contribution in [0.15, 0.2) is 30.3 Å². The summed E-state index contributed by atoms with van der Waals surface area (Å²) in [7, 11) is 2.29. The maximum Gasteiger partial charge on any atom is 0.0260 e. The molecule has 2 atom stereocenters. The van der Waals surface area contributed by atoms with Crippen LogP contribution in [0.4, 0.5) is 0 Å². The second-order valence-corrected chi connectivity index (χ2v) is 5.63. The molecule has 3 rings (SSSR count). The highest BCUT2D eigenvalue weighted by atomic mass is 35.5. The van der Waals surface area contributed by atoms with Crippen LogP contribution in [0.5, 0.6) is 0 Å². The molecular weight excluding hydrogens is 244 g/mol. The molecule has 3 heteroatoms. The van der Waals surface area contributed by atoms with Crippen molar-refractivity contribution in [3.05, 3.63) is 35.9 Å². The average Bonchev–Trinajstić information content (AvgIpc) is 2.74. The molecule has 0 saturated carbocycles. The number of rotatable bonds is 2. The van der Waals surface area contributed by atoms with Gasteiger partial charge in [0, 0.05) is 25.7 Å². The zero-order chi connectivity index (χ0) is 11.7. The molecule has 0 bridgehead atoms. The number of fused-ring (bicyclic) bond motifs is 1. The fourth-order valence-corrected chi connectivity index (χ4v) is 3.46. The first-order valence-electron chi connectivity index (χ1n) is 6.79. The number of nitrogens with zero attached hydrogens (tertiary/aromatic N) is 2. The second kappa shape index (κ2) is 6.05. The molecule has 2 saturated heterocycles. The van der Waals surface area contributed by atoms with E-state index in [4.69, 9.17) is 0 Å². The van der Waals surface area contributed by atoms with Crippen molar-refractivity contribution in [2.24, 2.45) is 5.92 Å². The van der Waals surface area contributed by atoms with Gasteiger partial charge in [-0.1, -0.05) is 30.3 Å². The number of hydrogen-bond donors (Lipinski definition) is 0. The average molecular weight is 267 g/mol. The molecule has 0 radical (unpaired) electrons. The second-order valence-electron chi connectivity index (χ2n) is 5.63. The lowest BCUT2D eigenvalue weighted by Crippen LogP contribution is -2.42. The standard InChI is InChI=1S/C15H22N2.ClH/c1-16-9-5-8-14-11-17(12-15(14)16)10-13-6-3-2-4-7-13;/h2-4,6-7,14-15H,5,8-12H2,1H3;1H. The maximum absolute atomic E-state index is 2.63. The maximum atomic E-state index is 2.63.